The zero-order valence-corrected chi connectivity index (χ0v) is 13.2. The number of thiazole rings is 1. The lowest BCUT2D eigenvalue weighted by atomic mass is 10.4. The molecule has 6 nitrogen and oxygen atoms in total. The minimum absolute atomic E-state index is 0.0776. The van der Waals surface area contributed by atoms with Crippen molar-refractivity contribution in [3.8, 4) is 0 Å². The highest BCUT2D eigenvalue weighted by molar-refractivity contribution is 7.89. The number of carboxylic acids is 1. The van der Waals surface area contributed by atoms with Crippen LogP contribution in [0.25, 0.3) is 0 Å². The molecular weight excluding hydrogens is 336 g/mol. The molecule has 1 unspecified atom stereocenters. The Labute approximate surface area is 130 Å². The van der Waals surface area contributed by atoms with Gasteiger partial charge < -0.3 is 5.11 Å². The molecule has 1 atom stereocenters. The van der Waals surface area contributed by atoms with Crippen molar-refractivity contribution in [2.24, 2.45) is 0 Å². The Morgan fingerprint density at radius 3 is 2.52 bits per heavy atom. The van der Waals surface area contributed by atoms with Crippen LogP contribution in [0.1, 0.15) is 28.5 Å². The number of carboxylic acid groups (broad SMARTS) is 1. The monoisotopic (exact) mass is 346 g/mol. The maximum absolute atomic E-state index is 12.2. The van der Waals surface area contributed by atoms with Gasteiger partial charge in [-0.1, -0.05) is 11.6 Å². The fourth-order valence-corrected chi connectivity index (χ4v) is 3.76. The average molecular weight is 347 g/mol. The number of nitrogens with zero attached hydrogens (tertiary/aromatic N) is 1. The van der Waals surface area contributed by atoms with E-state index in [0.717, 1.165) is 11.3 Å². The number of aromatic nitrogens is 1. The van der Waals surface area contributed by atoms with E-state index in [1.165, 1.54) is 29.6 Å². The van der Waals surface area contributed by atoms with Crippen LogP contribution in [0.4, 0.5) is 0 Å². The molecule has 9 heteroatoms. The molecule has 21 heavy (non-hydrogen) atoms. The first-order valence-corrected chi connectivity index (χ1v) is 8.50. The summed E-state index contributed by atoms with van der Waals surface area (Å²) in [5.41, 5.74) is -0.104. The van der Waals surface area contributed by atoms with E-state index in [2.05, 4.69) is 9.71 Å². The minimum atomic E-state index is -3.72. The number of nitrogens with one attached hydrogen (secondary N) is 1. The first-order chi connectivity index (χ1) is 9.79. The maximum atomic E-state index is 12.2. The number of hydrogen-bond donors (Lipinski definition) is 2. The van der Waals surface area contributed by atoms with Crippen molar-refractivity contribution in [2.75, 3.05) is 0 Å². The number of carbonyl (C=O) groups is 1. The molecule has 2 rings (SSSR count). The summed E-state index contributed by atoms with van der Waals surface area (Å²) in [5, 5.41) is 11.0. The highest BCUT2D eigenvalue weighted by Crippen LogP contribution is 2.21. The van der Waals surface area contributed by atoms with Crippen LogP contribution in [0.3, 0.4) is 0 Å². The highest BCUT2D eigenvalue weighted by Gasteiger charge is 2.21. The average Bonchev–Trinajstić information content (AvgIpc) is 2.88. The molecule has 2 aromatic rings. The summed E-state index contributed by atoms with van der Waals surface area (Å²) in [5.74, 6) is -1.15. The Morgan fingerprint density at radius 2 is 2.00 bits per heavy atom. The predicted molar refractivity (Wildman–Crippen MR) is 79.3 cm³/mol. The van der Waals surface area contributed by atoms with Crippen LogP contribution < -0.4 is 4.72 Å². The van der Waals surface area contributed by atoms with Gasteiger partial charge in [0.25, 0.3) is 0 Å². The van der Waals surface area contributed by atoms with Crippen LogP contribution in [-0.2, 0) is 10.0 Å². The van der Waals surface area contributed by atoms with E-state index >= 15 is 0 Å². The van der Waals surface area contributed by atoms with E-state index in [9.17, 15) is 13.2 Å². The van der Waals surface area contributed by atoms with Gasteiger partial charge in [0.1, 0.15) is 5.01 Å². The van der Waals surface area contributed by atoms with Gasteiger partial charge in [-0.3, -0.25) is 0 Å². The Hall–Kier alpha value is -1.48. The second kappa shape index (κ2) is 6.10. The number of hydrogen-bond acceptors (Lipinski definition) is 5. The van der Waals surface area contributed by atoms with Gasteiger partial charge in [-0.2, -0.15) is 0 Å². The Kier molecular flexibility index (Phi) is 4.62. The molecule has 0 aliphatic rings. The highest BCUT2D eigenvalue weighted by atomic mass is 35.5. The molecule has 0 amide bonds. The normalized spacial score (nSPS) is 13.0. The molecule has 0 radical (unpaired) electrons. The number of halogens is 1. The zero-order valence-electron chi connectivity index (χ0n) is 10.8. The van der Waals surface area contributed by atoms with Crippen molar-refractivity contribution in [2.45, 2.75) is 17.9 Å². The molecule has 0 spiro atoms. The quantitative estimate of drug-likeness (QED) is 0.867. The van der Waals surface area contributed by atoms with Crippen LogP contribution >= 0.6 is 22.9 Å². The van der Waals surface area contributed by atoms with Crippen molar-refractivity contribution in [3.05, 3.63) is 45.4 Å². The molecule has 0 saturated heterocycles. The van der Waals surface area contributed by atoms with E-state index in [4.69, 9.17) is 16.7 Å². The van der Waals surface area contributed by atoms with E-state index < -0.39 is 22.0 Å². The molecule has 1 heterocycles. The summed E-state index contributed by atoms with van der Waals surface area (Å²) in [6.45, 7) is 1.60. The first kappa shape index (κ1) is 15.9. The number of rotatable bonds is 5. The third-order valence-corrected chi connectivity index (χ3v) is 5.40. The molecule has 1 aromatic carbocycles. The Bertz CT molecular complexity index is 756. The van der Waals surface area contributed by atoms with Gasteiger partial charge in [-0.15, -0.1) is 11.3 Å². The van der Waals surface area contributed by atoms with Gasteiger partial charge in [0.2, 0.25) is 10.0 Å². The van der Waals surface area contributed by atoms with Gasteiger partial charge in [0.15, 0.2) is 5.69 Å². The van der Waals surface area contributed by atoms with E-state index in [0.29, 0.717) is 10.0 Å². The van der Waals surface area contributed by atoms with Crippen molar-refractivity contribution in [1.29, 1.82) is 0 Å². The molecule has 0 aliphatic carbocycles. The number of aromatic carboxylic acids is 1. The van der Waals surface area contributed by atoms with Crippen LogP contribution in [0.2, 0.25) is 5.02 Å². The van der Waals surface area contributed by atoms with E-state index in [1.807, 2.05) is 0 Å². The first-order valence-electron chi connectivity index (χ1n) is 5.76. The van der Waals surface area contributed by atoms with E-state index in [1.54, 1.807) is 6.92 Å². The van der Waals surface area contributed by atoms with Crippen LogP contribution in [-0.4, -0.2) is 24.5 Å². The molecule has 2 N–H and O–H groups in total. The van der Waals surface area contributed by atoms with Gasteiger partial charge in [0.05, 0.1) is 10.9 Å². The topological polar surface area (TPSA) is 96.4 Å². The summed E-state index contributed by atoms with van der Waals surface area (Å²) in [7, 11) is -3.72. The van der Waals surface area contributed by atoms with Gasteiger partial charge in [-0.25, -0.2) is 22.9 Å². The molecule has 1 aromatic heterocycles. The lowest BCUT2D eigenvalue weighted by Gasteiger charge is -2.11. The lowest BCUT2D eigenvalue weighted by molar-refractivity contribution is 0.0691. The smallest absolute Gasteiger partial charge is 0.355 e. The summed E-state index contributed by atoms with van der Waals surface area (Å²) in [6.07, 6.45) is 0. The number of sulfonamides is 1. The Morgan fingerprint density at radius 1 is 1.38 bits per heavy atom. The van der Waals surface area contributed by atoms with Crippen LogP contribution in [0, 0.1) is 0 Å². The summed E-state index contributed by atoms with van der Waals surface area (Å²) >= 11 is 6.80. The predicted octanol–water partition coefficient (Wildman–Crippen LogP) is 2.53. The molecule has 0 saturated carbocycles. The van der Waals surface area contributed by atoms with Gasteiger partial charge >= 0.3 is 5.97 Å². The molecule has 112 valence electrons. The third kappa shape index (κ3) is 3.79. The molecule has 0 aliphatic heterocycles. The van der Waals surface area contributed by atoms with Crippen LogP contribution in [0.15, 0.2) is 34.5 Å². The largest absolute Gasteiger partial charge is 0.476 e. The lowest BCUT2D eigenvalue weighted by Crippen LogP contribution is -2.26. The van der Waals surface area contributed by atoms with Gasteiger partial charge in [-0.05, 0) is 31.2 Å². The second-order valence-corrected chi connectivity index (χ2v) is 7.21. The fourth-order valence-electron chi connectivity index (χ4n) is 1.55. The summed E-state index contributed by atoms with van der Waals surface area (Å²) < 4.78 is 26.8. The molecular formula is C12H11ClN2O4S2. The number of benzene rings is 1. The maximum Gasteiger partial charge on any atom is 0.355 e. The van der Waals surface area contributed by atoms with Crippen molar-refractivity contribution < 1.29 is 18.3 Å². The summed E-state index contributed by atoms with van der Waals surface area (Å²) in [6, 6.07) is 5.10. The second-order valence-electron chi connectivity index (χ2n) is 4.17. The van der Waals surface area contributed by atoms with Crippen molar-refractivity contribution >= 4 is 38.9 Å². The molecule has 0 bridgehead atoms. The Balaban J connectivity index is 2.19. The van der Waals surface area contributed by atoms with Crippen LogP contribution in [0.5, 0.6) is 0 Å². The third-order valence-electron chi connectivity index (χ3n) is 2.57. The van der Waals surface area contributed by atoms with Crippen molar-refractivity contribution in [1.82, 2.24) is 9.71 Å². The standard InChI is InChI=1S/C12H11ClN2O4S2/c1-7(11-14-10(6-20-11)12(16)17)15-21(18,19)9-4-2-8(13)3-5-9/h2-7,15H,1H3,(H,16,17). The minimum Gasteiger partial charge on any atom is -0.476 e. The van der Waals surface area contributed by atoms with E-state index in [-0.39, 0.29) is 10.6 Å². The molecule has 0 fully saturated rings. The van der Waals surface area contributed by atoms with Gasteiger partial charge in [0, 0.05) is 10.4 Å². The zero-order chi connectivity index (χ0) is 15.6. The summed E-state index contributed by atoms with van der Waals surface area (Å²) in [4.78, 5) is 14.7. The fraction of sp³-hybridized carbons (Fsp3) is 0.167. The van der Waals surface area contributed by atoms with Crippen molar-refractivity contribution in [3.63, 3.8) is 0 Å². The SMILES string of the molecule is CC(NS(=O)(=O)c1ccc(Cl)cc1)c1nc(C(=O)O)cs1.